The zero-order chi connectivity index (χ0) is 14.8. The number of carbonyl (C=O) groups excluding carboxylic acids is 1. The average molecular weight is 288 g/mol. The van der Waals surface area contributed by atoms with Crippen molar-refractivity contribution in [2.45, 2.75) is 45.2 Å². The zero-order valence-corrected chi connectivity index (χ0v) is 12.9. The summed E-state index contributed by atoms with van der Waals surface area (Å²) in [4.78, 5) is 19.3. The van der Waals surface area contributed by atoms with Crippen LogP contribution in [0.5, 0.6) is 0 Å². The number of rotatable bonds is 5. The maximum absolute atomic E-state index is 12.5. The van der Waals surface area contributed by atoms with E-state index in [1.54, 1.807) is 6.20 Å². The van der Waals surface area contributed by atoms with Crippen molar-refractivity contribution in [3.05, 3.63) is 23.5 Å². The van der Waals surface area contributed by atoms with Gasteiger partial charge in [0.15, 0.2) is 0 Å². The molecule has 2 heterocycles. The third-order valence-corrected chi connectivity index (χ3v) is 4.27. The molecular weight excluding hydrogens is 264 g/mol. The Balaban J connectivity index is 1.64. The van der Waals surface area contributed by atoms with Crippen LogP contribution < -0.4 is 10.6 Å². The molecule has 1 unspecified atom stereocenters. The number of hydrogen-bond acceptors (Lipinski definition) is 4. The van der Waals surface area contributed by atoms with Crippen molar-refractivity contribution in [2.75, 3.05) is 25.0 Å². The van der Waals surface area contributed by atoms with Gasteiger partial charge in [-0.15, -0.1) is 0 Å². The molecule has 0 aromatic carbocycles. The highest BCUT2D eigenvalue weighted by molar-refractivity contribution is 5.99. The van der Waals surface area contributed by atoms with Crippen LogP contribution in [0.25, 0.3) is 0 Å². The van der Waals surface area contributed by atoms with Crippen molar-refractivity contribution in [3.63, 3.8) is 0 Å². The van der Waals surface area contributed by atoms with Crippen LogP contribution >= 0.6 is 0 Å². The van der Waals surface area contributed by atoms with Gasteiger partial charge in [-0.25, -0.2) is 0 Å². The standard InChI is InChI=1S/C16H24N4O/c1-3-17-15-8-11(2)18-9-14(15)16(21)19-12-6-7-20(10-12)13-4-5-13/h8-9,12-13H,3-7,10H2,1-2H3,(H,17,18)(H,19,21). The van der Waals surface area contributed by atoms with E-state index in [9.17, 15) is 4.79 Å². The second-order valence-corrected chi connectivity index (χ2v) is 6.09. The SMILES string of the molecule is CCNc1cc(C)ncc1C(=O)NC1CCN(C2CC2)C1. The second kappa shape index (κ2) is 6.02. The van der Waals surface area contributed by atoms with E-state index in [0.29, 0.717) is 5.56 Å². The van der Waals surface area contributed by atoms with Gasteiger partial charge in [0, 0.05) is 43.6 Å². The summed E-state index contributed by atoms with van der Waals surface area (Å²) in [5.74, 6) is -0.0129. The normalized spacial score (nSPS) is 22.3. The summed E-state index contributed by atoms with van der Waals surface area (Å²) in [5, 5.41) is 6.41. The first-order chi connectivity index (χ1) is 10.2. The van der Waals surface area contributed by atoms with Gasteiger partial charge in [-0.2, -0.15) is 0 Å². The van der Waals surface area contributed by atoms with Crippen molar-refractivity contribution in [1.29, 1.82) is 0 Å². The molecule has 5 heteroatoms. The Hall–Kier alpha value is -1.62. The molecule has 1 aliphatic carbocycles. The molecule has 2 N–H and O–H groups in total. The molecule has 5 nitrogen and oxygen atoms in total. The predicted octanol–water partition coefficient (Wildman–Crippen LogP) is 1.79. The lowest BCUT2D eigenvalue weighted by Gasteiger charge is -2.17. The lowest BCUT2D eigenvalue weighted by atomic mass is 10.1. The Labute approximate surface area is 126 Å². The van der Waals surface area contributed by atoms with Crippen LogP contribution in [0.2, 0.25) is 0 Å². The van der Waals surface area contributed by atoms with Gasteiger partial charge in [-0.05, 0) is 39.2 Å². The monoisotopic (exact) mass is 288 g/mol. The highest BCUT2D eigenvalue weighted by Crippen LogP contribution is 2.29. The fourth-order valence-corrected chi connectivity index (χ4v) is 3.02. The third kappa shape index (κ3) is 3.35. The number of nitrogens with zero attached hydrogens (tertiary/aromatic N) is 2. The summed E-state index contributed by atoms with van der Waals surface area (Å²) < 4.78 is 0. The molecule has 3 rings (SSSR count). The number of aromatic nitrogens is 1. The van der Waals surface area contributed by atoms with Gasteiger partial charge in [-0.1, -0.05) is 0 Å². The highest BCUT2D eigenvalue weighted by atomic mass is 16.1. The molecule has 21 heavy (non-hydrogen) atoms. The van der Waals surface area contributed by atoms with E-state index < -0.39 is 0 Å². The minimum Gasteiger partial charge on any atom is -0.385 e. The smallest absolute Gasteiger partial charge is 0.255 e. The third-order valence-electron chi connectivity index (χ3n) is 4.27. The molecule has 1 atom stereocenters. The van der Waals surface area contributed by atoms with E-state index in [-0.39, 0.29) is 11.9 Å². The maximum Gasteiger partial charge on any atom is 0.255 e. The molecule has 114 valence electrons. The molecule has 1 saturated carbocycles. The fraction of sp³-hybridized carbons (Fsp3) is 0.625. The Morgan fingerprint density at radius 1 is 1.43 bits per heavy atom. The number of hydrogen-bond donors (Lipinski definition) is 2. The molecule has 1 amide bonds. The van der Waals surface area contributed by atoms with Gasteiger partial charge in [0.05, 0.1) is 11.3 Å². The van der Waals surface area contributed by atoms with Crippen LogP contribution in [-0.2, 0) is 0 Å². The maximum atomic E-state index is 12.5. The Morgan fingerprint density at radius 3 is 2.95 bits per heavy atom. The molecule has 2 fully saturated rings. The number of aryl methyl sites for hydroxylation is 1. The first kappa shape index (κ1) is 14.3. The summed E-state index contributed by atoms with van der Waals surface area (Å²) >= 11 is 0. The van der Waals surface area contributed by atoms with Gasteiger partial charge in [-0.3, -0.25) is 14.7 Å². The quantitative estimate of drug-likeness (QED) is 0.867. The van der Waals surface area contributed by atoms with Gasteiger partial charge < -0.3 is 10.6 Å². The number of anilines is 1. The molecule has 0 spiro atoms. The molecule has 0 bridgehead atoms. The van der Waals surface area contributed by atoms with Crippen LogP contribution in [0.1, 0.15) is 42.2 Å². The largest absolute Gasteiger partial charge is 0.385 e. The van der Waals surface area contributed by atoms with E-state index >= 15 is 0 Å². The van der Waals surface area contributed by atoms with Crippen LogP contribution in [0.4, 0.5) is 5.69 Å². The molecule has 2 aliphatic rings. The highest BCUT2D eigenvalue weighted by Gasteiger charge is 2.35. The topological polar surface area (TPSA) is 57.3 Å². The van der Waals surface area contributed by atoms with Crippen molar-refractivity contribution in [1.82, 2.24) is 15.2 Å². The summed E-state index contributed by atoms with van der Waals surface area (Å²) in [5.41, 5.74) is 2.44. The Kier molecular flexibility index (Phi) is 4.10. The van der Waals surface area contributed by atoms with Crippen molar-refractivity contribution in [3.8, 4) is 0 Å². The number of pyridine rings is 1. The van der Waals surface area contributed by atoms with Crippen molar-refractivity contribution >= 4 is 11.6 Å². The van der Waals surface area contributed by atoms with E-state index in [1.807, 2.05) is 19.9 Å². The van der Waals surface area contributed by atoms with Gasteiger partial charge in [0.1, 0.15) is 0 Å². The number of likely N-dealkylation sites (tertiary alicyclic amines) is 1. The molecule has 1 saturated heterocycles. The lowest BCUT2D eigenvalue weighted by Crippen LogP contribution is -2.37. The lowest BCUT2D eigenvalue weighted by molar-refractivity contribution is 0.0938. The number of carbonyl (C=O) groups is 1. The van der Waals surface area contributed by atoms with Gasteiger partial charge in [0.2, 0.25) is 0 Å². The van der Waals surface area contributed by atoms with Crippen LogP contribution in [0.15, 0.2) is 12.3 Å². The van der Waals surface area contributed by atoms with Crippen LogP contribution in [0, 0.1) is 6.92 Å². The van der Waals surface area contributed by atoms with E-state index in [0.717, 1.165) is 43.5 Å². The molecule has 1 aromatic rings. The first-order valence-corrected chi connectivity index (χ1v) is 7.92. The number of amides is 1. The zero-order valence-electron chi connectivity index (χ0n) is 12.9. The van der Waals surface area contributed by atoms with Crippen molar-refractivity contribution in [2.24, 2.45) is 0 Å². The Morgan fingerprint density at radius 2 is 2.24 bits per heavy atom. The van der Waals surface area contributed by atoms with Gasteiger partial charge >= 0.3 is 0 Å². The van der Waals surface area contributed by atoms with E-state index in [1.165, 1.54) is 12.8 Å². The van der Waals surface area contributed by atoms with E-state index in [2.05, 4.69) is 20.5 Å². The minimum atomic E-state index is -0.0129. The molecule has 0 radical (unpaired) electrons. The molecule has 1 aliphatic heterocycles. The average Bonchev–Trinajstić information content (AvgIpc) is 3.20. The van der Waals surface area contributed by atoms with Gasteiger partial charge in [0.25, 0.3) is 5.91 Å². The second-order valence-electron chi connectivity index (χ2n) is 6.09. The van der Waals surface area contributed by atoms with Crippen molar-refractivity contribution < 1.29 is 4.79 Å². The molecular formula is C16H24N4O. The summed E-state index contributed by atoms with van der Waals surface area (Å²) in [6.07, 6.45) is 5.38. The predicted molar refractivity (Wildman–Crippen MR) is 83.6 cm³/mol. The first-order valence-electron chi connectivity index (χ1n) is 7.92. The molecule has 1 aromatic heterocycles. The van der Waals surface area contributed by atoms with Crippen LogP contribution in [-0.4, -0.2) is 47.5 Å². The summed E-state index contributed by atoms with van der Waals surface area (Å²) in [6.45, 7) is 6.87. The summed E-state index contributed by atoms with van der Waals surface area (Å²) in [6, 6.07) is 2.99. The van der Waals surface area contributed by atoms with E-state index in [4.69, 9.17) is 0 Å². The van der Waals surface area contributed by atoms with Crippen LogP contribution in [0.3, 0.4) is 0 Å². The summed E-state index contributed by atoms with van der Waals surface area (Å²) in [7, 11) is 0. The Bertz CT molecular complexity index is 527. The minimum absolute atomic E-state index is 0.0129. The fourth-order valence-electron chi connectivity index (χ4n) is 3.02. The number of nitrogens with one attached hydrogen (secondary N) is 2.